The molecular formula is C11H7BrN2S. The number of hydrogen-bond acceptors (Lipinski definition) is 2. The number of fused-ring (bicyclic) bond motifs is 1. The van der Waals surface area contributed by atoms with Crippen molar-refractivity contribution in [2.75, 3.05) is 0 Å². The highest BCUT2D eigenvalue weighted by Gasteiger charge is 2.05. The van der Waals surface area contributed by atoms with Crippen molar-refractivity contribution in [1.29, 1.82) is 0 Å². The van der Waals surface area contributed by atoms with Crippen molar-refractivity contribution in [1.82, 2.24) is 9.97 Å². The first-order chi connectivity index (χ1) is 7.33. The Bertz CT molecular complexity index is 598. The largest absolute Gasteiger partial charge is 0.338 e. The molecule has 0 spiro atoms. The SMILES string of the molecule is Brc1ccc2nc(-c3ccsc3)[nH]c2c1. The molecule has 74 valence electrons. The van der Waals surface area contributed by atoms with Crippen LogP contribution in [0.3, 0.4) is 0 Å². The van der Waals surface area contributed by atoms with Crippen molar-refractivity contribution < 1.29 is 0 Å². The van der Waals surface area contributed by atoms with Crippen LogP contribution in [0.15, 0.2) is 39.5 Å². The third-order valence-corrected chi connectivity index (χ3v) is 3.42. The highest BCUT2D eigenvalue weighted by molar-refractivity contribution is 9.10. The number of benzene rings is 1. The molecule has 15 heavy (non-hydrogen) atoms. The van der Waals surface area contributed by atoms with E-state index < -0.39 is 0 Å². The second kappa shape index (κ2) is 3.47. The molecule has 0 bridgehead atoms. The van der Waals surface area contributed by atoms with E-state index in [0.29, 0.717) is 0 Å². The standard InChI is InChI=1S/C11H7BrN2S/c12-8-1-2-9-10(5-8)14-11(13-9)7-3-4-15-6-7/h1-6H,(H,13,14). The molecule has 0 radical (unpaired) electrons. The molecule has 0 saturated heterocycles. The predicted octanol–water partition coefficient (Wildman–Crippen LogP) is 4.05. The molecule has 0 aliphatic heterocycles. The van der Waals surface area contributed by atoms with Gasteiger partial charge in [-0.1, -0.05) is 15.9 Å². The number of nitrogens with one attached hydrogen (secondary N) is 1. The lowest BCUT2D eigenvalue weighted by atomic mass is 10.3. The summed E-state index contributed by atoms with van der Waals surface area (Å²) < 4.78 is 1.07. The third kappa shape index (κ3) is 1.60. The zero-order valence-electron chi connectivity index (χ0n) is 7.70. The lowest BCUT2D eigenvalue weighted by molar-refractivity contribution is 1.35. The van der Waals surface area contributed by atoms with Gasteiger partial charge >= 0.3 is 0 Å². The van der Waals surface area contributed by atoms with Crippen molar-refractivity contribution in [3.05, 3.63) is 39.5 Å². The summed E-state index contributed by atoms with van der Waals surface area (Å²) in [6, 6.07) is 8.11. The van der Waals surface area contributed by atoms with Gasteiger partial charge in [-0.2, -0.15) is 11.3 Å². The van der Waals surface area contributed by atoms with E-state index in [2.05, 4.69) is 42.7 Å². The summed E-state index contributed by atoms with van der Waals surface area (Å²) in [6.45, 7) is 0. The molecule has 3 aromatic rings. The van der Waals surface area contributed by atoms with Gasteiger partial charge < -0.3 is 4.98 Å². The number of imidazole rings is 1. The fraction of sp³-hybridized carbons (Fsp3) is 0. The van der Waals surface area contributed by atoms with E-state index in [9.17, 15) is 0 Å². The Hall–Kier alpha value is -1.13. The van der Waals surface area contributed by atoms with Gasteiger partial charge in [0, 0.05) is 15.4 Å². The Morgan fingerprint density at radius 2 is 2.20 bits per heavy atom. The highest BCUT2D eigenvalue weighted by Crippen LogP contribution is 2.24. The van der Waals surface area contributed by atoms with Gasteiger partial charge in [-0.3, -0.25) is 0 Å². The van der Waals surface area contributed by atoms with Crippen LogP contribution in [0.5, 0.6) is 0 Å². The number of aromatic amines is 1. The van der Waals surface area contributed by atoms with Crippen LogP contribution in [-0.2, 0) is 0 Å². The average molecular weight is 279 g/mol. The van der Waals surface area contributed by atoms with Crippen LogP contribution in [0, 0.1) is 0 Å². The lowest BCUT2D eigenvalue weighted by Crippen LogP contribution is -1.73. The van der Waals surface area contributed by atoms with Crippen molar-refractivity contribution in [3.8, 4) is 11.4 Å². The lowest BCUT2D eigenvalue weighted by Gasteiger charge is -1.88. The van der Waals surface area contributed by atoms with Crippen molar-refractivity contribution in [2.24, 2.45) is 0 Å². The predicted molar refractivity (Wildman–Crippen MR) is 67.1 cm³/mol. The number of rotatable bonds is 1. The number of thiophene rings is 1. The molecule has 0 fully saturated rings. The second-order valence-electron chi connectivity index (χ2n) is 3.26. The smallest absolute Gasteiger partial charge is 0.139 e. The zero-order chi connectivity index (χ0) is 10.3. The number of H-pyrrole nitrogens is 1. The highest BCUT2D eigenvalue weighted by atomic mass is 79.9. The maximum atomic E-state index is 4.53. The van der Waals surface area contributed by atoms with Gasteiger partial charge in [0.25, 0.3) is 0 Å². The molecule has 0 atom stereocenters. The van der Waals surface area contributed by atoms with E-state index in [4.69, 9.17) is 0 Å². The molecule has 3 rings (SSSR count). The van der Waals surface area contributed by atoms with Crippen LogP contribution < -0.4 is 0 Å². The van der Waals surface area contributed by atoms with E-state index in [-0.39, 0.29) is 0 Å². The number of halogens is 1. The minimum absolute atomic E-state index is 0.935. The van der Waals surface area contributed by atoms with Crippen molar-refractivity contribution in [2.45, 2.75) is 0 Å². The van der Waals surface area contributed by atoms with E-state index >= 15 is 0 Å². The topological polar surface area (TPSA) is 28.7 Å². The Morgan fingerprint density at radius 3 is 3.00 bits per heavy atom. The minimum Gasteiger partial charge on any atom is -0.338 e. The summed E-state index contributed by atoms with van der Waals surface area (Å²) in [5, 5.41) is 4.14. The Morgan fingerprint density at radius 1 is 1.27 bits per heavy atom. The van der Waals surface area contributed by atoms with Crippen LogP contribution in [0.25, 0.3) is 22.4 Å². The molecule has 0 unspecified atom stereocenters. The van der Waals surface area contributed by atoms with Gasteiger partial charge in [0.2, 0.25) is 0 Å². The average Bonchev–Trinajstić information content (AvgIpc) is 2.84. The molecule has 2 aromatic heterocycles. The van der Waals surface area contributed by atoms with Crippen molar-refractivity contribution >= 4 is 38.3 Å². The normalized spacial score (nSPS) is 11.0. The molecule has 0 aliphatic rings. The van der Waals surface area contributed by atoms with E-state index in [1.54, 1.807) is 11.3 Å². The van der Waals surface area contributed by atoms with Crippen molar-refractivity contribution in [3.63, 3.8) is 0 Å². The molecule has 0 aliphatic carbocycles. The van der Waals surface area contributed by atoms with Gasteiger partial charge in [0.1, 0.15) is 5.82 Å². The monoisotopic (exact) mass is 278 g/mol. The van der Waals surface area contributed by atoms with E-state index in [1.165, 1.54) is 0 Å². The van der Waals surface area contributed by atoms with E-state index in [1.807, 2.05) is 18.2 Å². The van der Waals surface area contributed by atoms with Crippen LogP contribution in [0.4, 0.5) is 0 Å². The molecule has 2 nitrogen and oxygen atoms in total. The van der Waals surface area contributed by atoms with E-state index in [0.717, 1.165) is 26.9 Å². The summed E-state index contributed by atoms with van der Waals surface area (Å²) in [7, 11) is 0. The number of aromatic nitrogens is 2. The summed E-state index contributed by atoms with van der Waals surface area (Å²) in [6.07, 6.45) is 0. The van der Waals surface area contributed by atoms with Gasteiger partial charge in [-0.25, -0.2) is 4.98 Å². The zero-order valence-corrected chi connectivity index (χ0v) is 10.1. The summed E-state index contributed by atoms with van der Waals surface area (Å²) in [4.78, 5) is 7.83. The number of nitrogens with zero attached hydrogens (tertiary/aromatic N) is 1. The Labute approximate surface area is 99.1 Å². The fourth-order valence-corrected chi connectivity index (χ4v) is 2.52. The van der Waals surface area contributed by atoms with Gasteiger partial charge in [0.05, 0.1) is 11.0 Å². The number of hydrogen-bond donors (Lipinski definition) is 1. The van der Waals surface area contributed by atoms with Gasteiger partial charge in [-0.15, -0.1) is 0 Å². The summed E-state index contributed by atoms with van der Waals surface area (Å²) in [5.74, 6) is 0.935. The Balaban J connectivity index is 2.22. The molecule has 0 amide bonds. The van der Waals surface area contributed by atoms with Crippen LogP contribution in [0.1, 0.15) is 0 Å². The first kappa shape index (κ1) is 9.12. The molecule has 1 aromatic carbocycles. The molecule has 1 N–H and O–H groups in total. The second-order valence-corrected chi connectivity index (χ2v) is 4.95. The van der Waals surface area contributed by atoms with Gasteiger partial charge in [-0.05, 0) is 29.6 Å². The third-order valence-electron chi connectivity index (χ3n) is 2.24. The maximum Gasteiger partial charge on any atom is 0.139 e. The van der Waals surface area contributed by atoms with Crippen LogP contribution in [-0.4, -0.2) is 9.97 Å². The maximum absolute atomic E-state index is 4.53. The molecule has 4 heteroatoms. The molecule has 2 heterocycles. The molecule has 0 saturated carbocycles. The summed E-state index contributed by atoms with van der Waals surface area (Å²) >= 11 is 5.12. The minimum atomic E-state index is 0.935. The molecular weight excluding hydrogens is 272 g/mol. The van der Waals surface area contributed by atoms with Gasteiger partial charge in [0.15, 0.2) is 0 Å². The van der Waals surface area contributed by atoms with Crippen LogP contribution in [0.2, 0.25) is 0 Å². The first-order valence-electron chi connectivity index (χ1n) is 4.51. The summed E-state index contributed by atoms with van der Waals surface area (Å²) in [5.41, 5.74) is 3.21. The van der Waals surface area contributed by atoms with Crippen LogP contribution >= 0.6 is 27.3 Å². The first-order valence-corrected chi connectivity index (χ1v) is 6.24. The Kier molecular flexibility index (Phi) is 2.11. The quantitative estimate of drug-likeness (QED) is 0.715. The fourth-order valence-electron chi connectivity index (χ4n) is 1.52.